The SMILES string of the molecule is O=C(NCc1ccco1)[C@@H]1CN(C2CCC2)C[C@H]2OCC[C@H]21. The Hall–Kier alpha value is -1.33. The fourth-order valence-corrected chi connectivity index (χ4v) is 4.05. The zero-order chi connectivity index (χ0) is 14.9. The summed E-state index contributed by atoms with van der Waals surface area (Å²) in [6.45, 7) is 3.18. The van der Waals surface area contributed by atoms with Gasteiger partial charge in [-0.2, -0.15) is 0 Å². The van der Waals surface area contributed by atoms with Crippen LogP contribution >= 0.6 is 0 Å². The predicted molar refractivity (Wildman–Crippen MR) is 81.1 cm³/mol. The maximum atomic E-state index is 12.7. The van der Waals surface area contributed by atoms with Crippen LogP contribution in [-0.2, 0) is 16.1 Å². The summed E-state index contributed by atoms with van der Waals surface area (Å²) in [7, 11) is 0. The van der Waals surface area contributed by atoms with Gasteiger partial charge < -0.3 is 14.5 Å². The molecule has 4 rings (SSSR count). The molecule has 2 aliphatic heterocycles. The zero-order valence-electron chi connectivity index (χ0n) is 12.9. The molecule has 5 nitrogen and oxygen atoms in total. The number of carbonyl (C=O) groups excluding carboxylic acids is 1. The maximum absolute atomic E-state index is 12.7. The summed E-state index contributed by atoms with van der Waals surface area (Å²) in [5, 5.41) is 3.05. The second-order valence-electron chi connectivity index (χ2n) is 6.80. The minimum absolute atomic E-state index is 0.0526. The number of amides is 1. The molecule has 0 radical (unpaired) electrons. The quantitative estimate of drug-likeness (QED) is 0.921. The normalized spacial score (nSPS) is 32.5. The molecule has 1 amide bonds. The van der Waals surface area contributed by atoms with Crippen LogP contribution in [0.4, 0.5) is 0 Å². The van der Waals surface area contributed by atoms with E-state index in [1.54, 1.807) is 6.26 Å². The van der Waals surface area contributed by atoms with Gasteiger partial charge in [0.25, 0.3) is 0 Å². The van der Waals surface area contributed by atoms with Crippen molar-refractivity contribution < 1.29 is 13.9 Å². The van der Waals surface area contributed by atoms with Gasteiger partial charge in [-0.05, 0) is 31.4 Å². The number of likely N-dealkylation sites (tertiary alicyclic amines) is 1. The molecule has 1 aromatic heterocycles. The molecule has 1 aromatic rings. The van der Waals surface area contributed by atoms with Crippen molar-refractivity contribution in [3.63, 3.8) is 0 Å². The Morgan fingerprint density at radius 2 is 2.23 bits per heavy atom. The molecule has 0 aromatic carbocycles. The van der Waals surface area contributed by atoms with Crippen molar-refractivity contribution in [2.45, 2.75) is 44.4 Å². The lowest BCUT2D eigenvalue weighted by molar-refractivity contribution is -0.132. The van der Waals surface area contributed by atoms with Crippen molar-refractivity contribution in [3.8, 4) is 0 Å². The van der Waals surface area contributed by atoms with E-state index in [1.165, 1.54) is 19.3 Å². The van der Waals surface area contributed by atoms with E-state index < -0.39 is 0 Å². The number of hydrogen-bond acceptors (Lipinski definition) is 4. The van der Waals surface area contributed by atoms with Gasteiger partial charge >= 0.3 is 0 Å². The molecule has 1 saturated carbocycles. The molecular weight excluding hydrogens is 280 g/mol. The van der Waals surface area contributed by atoms with Gasteiger partial charge in [0.2, 0.25) is 5.91 Å². The van der Waals surface area contributed by atoms with Gasteiger partial charge in [-0.1, -0.05) is 6.42 Å². The van der Waals surface area contributed by atoms with Crippen molar-refractivity contribution in [1.29, 1.82) is 0 Å². The molecular formula is C17H24N2O3. The third kappa shape index (κ3) is 2.68. The van der Waals surface area contributed by atoms with Gasteiger partial charge in [-0.3, -0.25) is 9.69 Å². The third-order valence-electron chi connectivity index (χ3n) is 5.57. The average Bonchev–Trinajstić information content (AvgIpc) is 3.13. The van der Waals surface area contributed by atoms with Gasteiger partial charge in [0, 0.05) is 31.7 Å². The Morgan fingerprint density at radius 3 is 2.95 bits per heavy atom. The zero-order valence-corrected chi connectivity index (χ0v) is 12.9. The maximum Gasteiger partial charge on any atom is 0.225 e. The smallest absolute Gasteiger partial charge is 0.225 e. The van der Waals surface area contributed by atoms with Gasteiger partial charge in [0.05, 0.1) is 24.8 Å². The first kappa shape index (κ1) is 14.3. The van der Waals surface area contributed by atoms with E-state index in [-0.39, 0.29) is 17.9 Å². The predicted octanol–water partition coefficient (Wildman–Crippen LogP) is 1.79. The lowest BCUT2D eigenvalue weighted by atomic mass is 9.79. The van der Waals surface area contributed by atoms with E-state index in [2.05, 4.69) is 10.2 Å². The first-order valence-electron chi connectivity index (χ1n) is 8.47. The van der Waals surface area contributed by atoms with E-state index in [1.807, 2.05) is 12.1 Å². The van der Waals surface area contributed by atoms with Gasteiger partial charge in [-0.25, -0.2) is 0 Å². The van der Waals surface area contributed by atoms with Crippen molar-refractivity contribution >= 4 is 5.91 Å². The topological polar surface area (TPSA) is 54.7 Å². The van der Waals surface area contributed by atoms with Crippen molar-refractivity contribution in [3.05, 3.63) is 24.2 Å². The fourth-order valence-electron chi connectivity index (χ4n) is 4.05. The van der Waals surface area contributed by atoms with E-state index in [4.69, 9.17) is 9.15 Å². The summed E-state index contributed by atoms with van der Waals surface area (Å²) in [6.07, 6.45) is 6.78. The molecule has 1 aliphatic carbocycles. The lowest BCUT2D eigenvalue weighted by Gasteiger charge is -2.46. The fraction of sp³-hybridized carbons (Fsp3) is 0.706. The number of carbonyl (C=O) groups is 1. The number of hydrogen-bond donors (Lipinski definition) is 1. The van der Waals surface area contributed by atoms with E-state index >= 15 is 0 Å². The summed E-state index contributed by atoms with van der Waals surface area (Å²) in [4.78, 5) is 15.2. The molecule has 3 atom stereocenters. The highest BCUT2D eigenvalue weighted by atomic mass is 16.5. The molecule has 0 bridgehead atoms. The standard InChI is InChI=1S/C17H24N2O3/c20-17(18-9-13-5-2-7-21-13)15-10-19(12-3-1-4-12)11-16-14(15)6-8-22-16/h2,5,7,12,14-16H,1,3-4,6,8-11H2,(H,18,20)/t14-,15+,16+/m0/s1. The van der Waals surface area contributed by atoms with Crippen molar-refractivity contribution in [1.82, 2.24) is 10.2 Å². The monoisotopic (exact) mass is 304 g/mol. The second kappa shape index (κ2) is 6.05. The Bertz CT molecular complexity index is 512. The summed E-state index contributed by atoms with van der Waals surface area (Å²) >= 11 is 0. The van der Waals surface area contributed by atoms with Crippen LogP contribution in [0.5, 0.6) is 0 Å². The van der Waals surface area contributed by atoms with Gasteiger partial charge in [0.15, 0.2) is 0 Å². The minimum Gasteiger partial charge on any atom is -0.467 e. The van der Waals surface area contributed by atoms with E-state index in [9.17, 15) is 4.79 Å². The number of nitrogens with zero attached hydrogens (tertiary/aromatic N) is 1. The van der Waals surface area contributed by atoms with Crippen LogP contribution in [0, 0.1) is 11.8 Å². The number of rotatable bonds is 4. The average molecular weight is 304 g/mol. The number of nitrogens with one attached hydrogen (secondary N) is 1. The van der Waals surface area contributed by atoms with E-state index in [0.29, 0.717) is 18.5 Å². The minimum atomic E-state index is 0.0526. The molecule has 0 unspecified atom stereocenters. The Kier molecular flexibility index (Phi) is 3.92. The molecule has 22 heavy (non-hydrogen) atoms. The summed E-state index contributed by atoms with van der Waals surface area (Å²) in [5.41, 5.74) is 0. The molecule has 3 fully saturated rings. The molecule has 2 saturated heterocycles. The van der Waals surface area contributed by atoms with Crippen LogP contribution in [-0.4, -0.2) is 42.6 Å². The van der Waals surface area contributed by atoms with Crippen LogP contribution in [0.15, 0.2) is 22.8 Å². The highest BCUT2D eigenvalue weighted by Crippen LogP contribution is 2.37. The molecule has 3 aliphatic rings. The van der Waals surface area contributed by atoms with Crippen LogP contribution < -0.4 is 5.32 Å². The van der Waals surface area contributed by atoms with Crippen LogP contribution in [0.25, 0.3) is 0 Å². The summed E-state index contributed by atoms with van der Waals surface area (Å²) in [6, 6.07) is 4.41. The molecule has 3 heterocycles. The number of furan rings is 1. The number of fused-ring (bicyclic) bond motifs is 1. The Labute approximate surface area is 131 Å². The lowest BCUT2D eigenvalue weighted by Crippen LogP contribution is -2.56. The van der Waals surface area contributed by atoms with Gasteiger partial charge in [0.1, 0.15) is 5.76 Å². The first-order chi connectivity index (χ1) is 10.8. The first-order valence-corrected chi connectivity index (χ1v) is 8.47. The van der Waals surface area contributed by atoms with Crippen LogP contribution in [0.3, 0.4) is 0 Å². The third-order valence-corrected chi connectivity index (χ3v) is 5.57. The molecule has 1 N–H and O–H groups in total. The van der Waals surface area contributed by atoms with E-state index in [0.717, 1.165) is 31.9 Å². The Balaban J connectivity index is 1.41. The second-order valence-corrected chi connectivity index (χ2v) is 6.80. The van der Waals surface area contributed by atoms with Crippen LogP contribution in [0.1, 0.15) is 31.4 Å². The molecule has 0 spiro atoms. The number of ether oxygens (including phenoxy) is 1. The van der Waals surface area contributed by atoms with Crippen molar-refractivity contribution in [2.24, 2.45) is 11.8 Å². The van der Waals surface area contributed by atoms with Crippen molar-refractivity contribution in [2.75, 3.05) is 19.7 Å². The number of piperidine rings is 1. The van der Waals surface area contributed by atoms with Gasteiger partial charge in [-0.15, -0.1) is 0 Å². The van der Waals surface area contributed by atoms with Crippen LogP contribution in [0.2, 0.25) is 0 Å². The molecule has 120 valence electrons. The highest BCUT2D eigenvalue weighted by molar-refractivity contribution is 5.79. The largest absolute Gasteiger partial charge is 0.467 e. The Morgan fingerprint density at radius 1 is 1.32 bits per heavy atom. The highest BCUT2D eigenvalue weighted by Gasteiger charge is 2.45. The summed E-state index contributed by atoms with van der Waals surface area (Å²) in [5.74, 6) is 1.39. The molecule has 5 heteroatoms. The summed E-state index contributed by atoms with van der Waals surface area (Å²) < 4.78 is 11.2.